The Balaban J connectivity index is 0.000000317. The first-order valence-electron chi connectivity index (χ1n) is 10.3. The molecule has 0 bridgehead atoms. The normalized spacial score (nSPS) is 18.0. The lowest BCUT2D eigenvalue weighted by molar-refractivity contribution is -0.114. The van der Waals surface area contributed by atoms with Crippen molar-refractivity contribution < 1.29 is 4.79 Å². The molecule has 2 fully saturated rings. The molecule has 29 heavy (non-hydrogen) atoms. The van der Waals surface area contributed by atoms with Gasteiger partial charge in [0.05, 0.1) is 0 Å². The van der Waals surface area contributed by atoms with Crippen molar-refractivity contribution in [2.24, 2.45) is 0 Å². The Hall–Kier alpha value is -2.33. The van der Waals surface area contributed by atoms with Gasteiger partial charge in [0.2, 0.25) is 16.2 Å². The first kappa shape index (κ1) is 23.0. The van der Waals surface area contributed by atoms with E-state index in [9.17, 15) is 4.79 Å². The molecule has 10 heteroatoms. The zero-order chi connectivity index (χ0) is 20.9. The second-order valence-corrected chi connectivity index (χ2v) is 7.54. The van der Waals surface area contributed by atoms with Gasteiger partial charge in [-0.2, -0.15) is 5.10 Å². The van der Waals surface area contributed by atoms with Crippen molar-refractivity contribution in [3.05, 3.63) is 18.3 Å². The van der Waals surface area contributed by atoms with E-state index in [1.54, 1.807) is 6.20 Å². The Kier molecular flexibility index (Phi) is 10.3. The molecule has 0 aromatic carbocycles. The number of aromatic nitrogens is 4. The van der Waals surface area contributed by atoms with Gasteiger partial charge in [-0.05, 0) is 44.5 Å². The molecule has 1 unspecified atom stereocenters. The zero-order valence-electron chi connectivity index (χ0n) is 17.5. The molecule has 4 rings (SSSR count). The minimum absolute atomic E-state index is 0.146. The number of hydrogen-bond acceptors (Lipinski definition) is 9. The molecule has 0 aliphatic carbocycles. The standard InChI is InChI=1S/C12H15N7OS.C5H11N.C2H6/c1-8(20)14-11-17-18-12(21-11)15-9-4-6-19(7-9)10-3-2-5-13-16-10;1-2-4-6-5-3-1;1-2/h2-3,5,9H,4,6-7H2,1H3,(H,15,18)(H,14,17,20);6H,1-5H2;1-2H3. The van der Waals surface area contributed by atoms with Crippen LogP contribution in [0.1, 0.15) is 46.5 Å². The van der Waals surface area contributed by atoms with Crippen molar-refractivity contribution in [3.63, 3.8) is 0 Å². The van der Waals surface area contributed by atoms with E-state index in [2.05, 4.69) is 41.2 Å². The largest absolute Gasteiger partial charge is 0.355 e. The molecule has 2 saturated heterocycles. The molecule has 160 valence electrons. The number of anilines is 3. The van der Waals surface area contributed by atoms with Gasteiger partial charge in [-0.25, -0.2) is 0 Å². The number of piperidine rings is 1. The second kappa shape index (κ2) is 13.0. The number of rotatable bonds is 4. The van der Waals surface area contributed by atoms with Gasteiger partial charge in [0, 0.05) is 32.3 Å². The molecule has 2 aromatic heterocycles. The third-order valence-corrected chi connectivity index (χ3v) is 5.08. The lowest BCUT2D eigenvalue weighted by atomic mass is 10.2. The van der Waals surface area contributed by atoms with Crippen LogP contribution in [0.4, 0.5) is 16.1 Å². The molecular weight excluding hydrogens is 388 g/mol. The lowest BCUT2D eigenvalue weighted by Gasteiger charge is -2.16. The van der Waals surface area contributed by atoms with Crippen molar-refractivity contribution in [1.82, 2.24) is 25.7 Å². The zero-order valence-corrected chi connectivity index (χ0v) is 18.3. The van der Waals surface area contributed by atoms with Gasteiger partial charge in [0.15, 0.2) is 5.82 Å². The number of amides is 1. The van der Waals surface area contributed by atoms with Crippen LogP contribution in [0.25, 0.3) is 0 Å². The first-order chi connectivity index (χ1) is 14.2. The molecule has 0 saturated carbocycles. The molecule has 2 aliphatic rings. The predicted molar refractivity (Wildman–Crippen MR) is 119 cm³/mol. The van der Waals surface area contributed by atoms with Crippen molar-refractivity contribution in [1.29, 1.82) is 0 Å². The Morgan fingerprint density at radius 2 is 1.93 bits per heavy atom. The molecule has 1 atom stereocenters. The van der Waals surface area contributed by atoms with Gasteiger partial charge < -0.3 is 20.9 Å². The average Bonchev–Trinajstić information content (AvgIpc) is 3.41. The van der Waals surface area contributed by atoms with Gasteiger partial charge in [-0.1, -0.05) is 31.6 Å². The van der Waals surface area contributed by atoms with E-state index in [0.717, 1.165) is 25.3 Å². The van der Waals surface area contributed by atoms with Gasteiger partial charge >= 0.3 is 0 Å². The van der Waals surface area contributed by atoms with Crippen LogP contribution in [0.15, 0.2) is 18.3 Å². The van der Waals surface area contributed by atoms with Crippen LogP contribution in [-0.2, 0) is 4.79 Å². The summed E-state index contributed by atoms with van der Waals surface area (Å²) in [6.45, 7) is 9.71. The highest BCUT2D eigenvalue weighted by Crippen LogP contribution is 2.24. The molecule has 3 N–H and O–H groups in total. The predicted octanol–water partition coefficient (Wildman–Crippen LogP) is 2.76. The van der Waals surface area contributed by atoms with E-state index in [-0.39, 0.29) is 11.9 Å². The topological polar surface area (TPSA) is 108 Å². The summed E-state index contributed by atoms with van der Waals surface area (Å²) in [7, 11) is 0. The van der Waals surface area contributed by atoms with E-state index in [1.807, 2.05) is 26.0 Å². The number of hydrogen-bond donors (Lipinski definition) is 3. The van der Waals surface area contributed by atoms with Crippen LogP contribution >= 0.6 is 11.3 Å². The SMILES string of the molecule is C1CCNCC1.CC.CC(=O)Nc1nnc(NC2CCN(c3cccnn3)C2)s1. The summed E-state index contributed by atoms with van der Waals surface area (Å²) in [5.41, 5.74) is 0. The minimum Gasteiger partial charge on any atom is -0.355 e. The van der Waals surface area contributed by atoms with Gasteiger partial charge in [0.25, 0.3) is 0 Å². The highest BCUT2D eigenvalue weighted by molar-refractivity contribution is 7.19. The van der Waals surface area contributed by atoms with Crippen molar-refractivity contribution in [2.75, 3.05) is 41.7 Å². The third-order valence-electron chi connectivity index (χ3n) is 4.31. The van der Waals surface area contributed by atoms with Gasteiger partial charge in [0.1, 0.15) is 0 Å². The number of nitrogens with zero attached hydrogens (tertiary/aromatic N) is 5. The molecule has 2 aliphatic heterocycles. The van der Waals surface area contributed by atoms with Gasteiger partial charge in [-0.3, -0.25) is 4.79 Å². The fourth-order valence-corrected chi connectivity index (χ4v) is 3.77. The maximum atomic E-state index is 11.0. The van der Waals surface area contributed by atoms with E-state index in [1.165, 1.54) is 50.6 Å². The highest BCUT2D eigenvalue weighted by atomic mass is 32.1. The van der Waals surface area contributed by atoms with Gasteiger partial charge in [-0.15, -0.1) is 15.3 Å². The van der Waals surface area contributed by atoms with E-state index < -0.39 is 0 Å². The Morgan fingerprint density at radius 3 is 2.52 bits per heavy atom. The minimum atomic E-state index is -0.146. The smallest absolute Gasteiger partial charge is 0.223 e. The quantitative estimate of drug-likeness (QED) is 0.693. The fraction of sp³-hybridized carbons (Fsp3) is 0.632. The molecule has 0 spiro atoms. The number of carbonyl (C=O) groups is 1. The summed E-state index contributed by atoms with van der Waals surface area (Å²) in [4.78, 5) is 13.1. The Labute approximate surface area is 176 Å². The summed E-state index contributed by atoms with van der Waals surface area (Å²) in [6, 6.07) is 4.12. The summed E-state index contributed by atoms with van der Waals surface area (Å²) in [5.74, 6) is 0.741. The van der Waals surface area contributed by atoms with Crippen LogP contribution in [0, 0.1) is 0 Å². The van der Waals surface area contributed by atoms with Crippen LogP contribution in [-0.4, -0.2) is 58.5 Å². The van der Waals surface area contributed by atoms with E-state index >= 15 is 0 Å². The Morgan fingerprint density at radius 1 is 1.17 bits per heavy atom. The van der Waals surface area contributed by atoms with E-state index in [0.29, 0.717) is 10.3 Å². The molecular formula is C19H32N8OS. The maximum Gasteiger partial charge on any atom is 0.223 e. The van der Waals surface area contributed by atoms with Crippen molar-refractivity contribution >= 4 is 33.3 Å². The summed E-state index contributed by atoms with van der Waals surface area (Å²) >= 11 is 1.33. The van der Waals surface area contributed by atoms with Crippen molar-refractivity contribution in [3.8, 4) is 0 Å². The fourth-order valence-electron chi connectivity index (χ4n) is 3.01. The molecule has 0 radical (unpaired) electrons. The second-order valence-electron chi connectivity index (χ2n) is 6.56. The molecule has 1 amide bonds. The summed E-state index contributed by atoms with van der Waals surface area (Å²) in [5, 5.41) is 26.4. The van der Waals surface area contributed by atoms with Crippen molar-refractivity contribution in [2.45, 2.75) is 52.5 Å². The average molecular weight is 421 g/mol. The first-order valence-corrected chi connectivity index (χ1v) is 11.1. The van der Waals surface area contributed by atoms with Crippen LogP contribution in [0.5, 0.6) is 0 Å². The molecule has 4 heterocycles. The van der Waals surface area contributed by atoms with Crippen LogP contribution in [0.3, 0.4) is 0 Å². The molecule has 2 aromatic rings. The number of nitrogens with one attached hydrogen (secondary N) is 3. The monoisotopic (exact) mass is 420 g/mol. The van der Waals surface area contributed by atoms with Crippen LogP contribution < -0.4 is 20.9 Å². The molecule has 9 nitrogen and oxygen atoms in total. The summed E-state index contributed by atoms with van der Waals surface area (Å²) < 4.78 is 0. The number of carbonyl (C=O) groups excluding carboxylic acids is 1. The summed E-state index contributed by atoms with van der Waals surface area (Å²) in [6.07, 6.45) is 6.87. The highest BCUT2D eigenvalue weighted by Gasteiger charge is 2.24. The Bertz CT molecular complexity index is 696. The maximum absolute atomic E-state index is 11.0. The van der Waals surface area contributed by atoms with Crippen LogP contribution in [0.2, 0.25) is 0 Å². The lowest BCUT2D eigenvalue weighted by Crippen LogP contribution is -2.26. The van der Waals surface area contributed by atoms with E-state index in [4.69, 9.17) is 0 Å². The third kappa shape index (κ3) is 8.28.